The number of halogens is 1. The fourth-order valence-corrected chi connectivity index (χ4v) is 2.94. The first-order chi connectivity index (χ1) is 9.34. The molecule has 2 fully saturated rings. The summed E-state index contributed by atoms with van der Waals surface area (Å²) in [7, 11) is 0. The van der Waals surface area contributed by atoms with E-state index in [2.05, 4.69) is 21.6 Å². The van der Waals surface area contributed by atoms with Crippen LogP contribution in [0.5, 0.6) is 0 Å². The molecule has 2 aliphatic heterocycles. The molecule has 5 heteroatoms. The van der Waals surface area contributed by atoms with Crippen molar-refractivity contribution in [1.29, 1.82) is 0 Å². The molecule has 0 bridgehead atoms. The number of hydrogen-bond donors (Lipinski definition) is 2. The maximum atomic E-state index is 12.2. The Morgan fingerprint density at radius 2 is 1.95 bits per heavy atom. The minimum absolute atomic E-state index is 0. The molecule has 2 N–H and O–H groups in total. The lowest BCUT2D eigenvalue weighted by Gasteiger charge is -2.22. The fraction of sp³-hybridized carbons (Fsp3) is 0.533. The van der Waals surface area contributed by atoms with Crippen LogP contribution in [0.1, 0.15) is 25.7 Å². The quantitative estimate of drug-likeness (QED) is 0.900. The van der Waals surface area contributed by atoms with Crippen LogP contribution in [0, 0.1) is 0 Å². The van der Waals surface area contributed by atoms with Gasteiger partial charge in [-0.15, -0.1) is 12.4 Å². The van der Waals surface area contributed by atoms with E-state index in [9.17, 15) is 4.79 Å². The zero-order valence-corrected chi connectivity index (χ0v) is 12.4. The molecule has 20 heavy (non-hydrogen) atoms. The summed E-state index contributed by atoms with van der Waals surface area (Å²) in [6, 6.07) is 8.10. The molecule has 1 aromatic rings. The highest BCUT2D eigenvalue weighted by Gasteiger charge is 2.23. The van der Waals surface area contributed by atoms with Crippen LogP contribution in [0.2, 0.25) is 0 Å². The predicted molar refractivity (Wildman–Crippen MR) is 84.8 cm³/mol. The normalized spacial score (nSPS) is 21.6. The SMILES string of the molecule is Cl.O=C(Nc1ccccc1N1CCCC1)C1CCCN1. The summed E-state index contributed by atoms with van der Waals surface area (Å²) in [6.45, 7) is 3.13. The molecule has 2 saturated heterocycles. The van der Waals surface area contributed by atoms with Gasteiger partial charge < -0.3 is 15.5 Å². The molecule has 0 aliphatic carbocycles. The van der Waals surface area contributed by atoms with Crippen molar-refractivity contribution < 1.29 is 4.79 Å². The van der Waals surface area contributed by atoms with Crippen molar-refractivity contribution >= 4 is 29.7 Å². The van der Waals surface area contributed by atoms with Gasteiger partial charge in [0.05, 0.1) is 17.4 Å². The van der Waals surface area contributed by atoms with Crippen molar-refractivity contribution in [2.24, 2.45) is 0 Å². The second-order valence-electron chi connectivity index (χ2n) is 5.35. The summed E-state index contributed by atoms with van der Waals surface area (Å²) in [4.78, 5) is 14.5. The molecule has 1 amide bonds. The lowest BCUT2D eigenvalue weighted by Crippen LogP contribution is -2.36. The highest BCUT2D eigenvalue weighted by atomic mass is 35.5. The van der Waals surface area contributed by atoms with Crippen molar-refractivity contribution in [2.75, 3.05) is 29.9 Å². The lowest BCUT2D eigenvalue weighted by atomic mass is 10.2. The Kier molecular flexibility index (Phi) is 5.26. The first-order valence-electron chi connectivity index (χ1n) is 7.23. The lowest BCUT2D eigenvalue weighted by molar-refractivity contribution is -0.117. The van der Waals surface area contributed by atoms with Crippen molar-refractivity contribution in [3.63, 3.8) is 0 Å². The molecule has 110 valence electrons. The highest BCUT2D eigenvalue weighted by molar-refractivity contribution is 5.97. The zero-order valence-electron chi connectivity index (χ0n) is 11.6. The number of carbonyl (C=O) groups is 1. The van der Waals surface area contributed by atoms with Gasteiger partial charge in [0, 0.05) is 13.1 Å². The number of nitrogens with one attached hydrogen (secondary N) is 2. The number of nitrogens with zero attached hydrogens (tertiary/aromatic N) is 1. The van der Waals surface area contributed by atoms with E-state index >= 15 is 0 Å². The van der Waals surface area contributed by atoms with Crippen LogP contribution >= 0.6 is 12.4 Å². The molecular formula is C15H22ClN3O. The van der Waals surface area contributed by atoms with Gasteiger partial charge in [-0.1, -0.05) is 12.1 Å². The largest absolute Gasteiger partial charge is 0.370 e. The van der Waals surface area contributed by atoms with Gasteiger partial charge in [0.25, 0.3) is 0 Å². The summed E-state index contributed by atoms with van der Waals surface area (Å²) in [6.07, 6.45) is 4.52. The second kappa shape index (κ2) is 6.95. The van der Waals surface area contributed by atoms with E-state index in [-0.39, 0.29) is 24.4 Å². The third kappa shape index (κ3) is 3.25. The third-order valence-electron chi connectivity index (χ3n) is 3.99. The highest BCUT2D eigenvalue weighted by Crippen LogP contribution is 2.28. The van der Waals surface area contributed by atoms with Crippen molar-refractivity contribution in [3.8, 4) is 0 Å². The van der Waals surface area contributed by atoms with Gasteiger partial charge in [-0.25, -0.2) is 0 Å². The van der Waals surface area contributed by atoms with Gasteiger partial charge in [0.2, 0.25) is 5.91 Å². The number of hydrogen-bond acceptors (Lipinski definition) is 3. The predicted octanol–water partition coefficient (Wildman–Crippen LogP) is 2.40. The Labute approximate surface area is 126 Å². The monoisotopic (exact) mass is 295 g/mol. The van der Waals surface area contributed by atoms with Crippen LogP contribution in [0.3, 0.4) is 0 Å². The third-order valence-corrected chi connectivity index (χ3v) is 3.99. The van der Waals surface area contributed by atoms with Crippen LogP contribution in [0.15, 0.2) is 24.3 Å². The number of amides is 1. The van der Waals surface area contributed by atoms with E-state index in [1.54, 1.807) is 0 Å². The molecule has 1 aromatic carbocycles. The van der Waals surface area contributed by atoms with Crippen molar-refractivity contribution in [3.05, 3.63) is 24.3 Å². The van der Waals surface area contributed by atoms with Crippen LogP contribution < -0.4 is 15.5 Å². The van der Waals surface area contributed by atoms with E-state index < -0.39 is 0 Å². The molecule has 2 aliphatic rings. The average molecular weight is 296 g/mol. The standard InChI is InChI=1S/C15H21N3O.ClH/c19-15(13-7-5-9-16-13)17-12-6-1-2-8-14(12)18-10-3-4-11-18;/h1-2,6,8,13,16H,3-5,7,9-11H2,(H,17,19);1H. The molecule has 0 spiro atoms. The van der Waals surface area contributed by atoms with Crippen LogP contribution in [-0.4, -0.2) is 31.6 Å². The molecular weight excluding hydrogens is 274 g/mol. The van der Waals surface area contributed by atoms with E-state index in [0.29, 0.717) is 0 Å². The van der Waals surface area contributed by atoms with Gasteiger partial charge >= 0.3 is 0 Å². The maximum absolute atomic E-state index is 12.2. The Balaban J connectivity index is 0.00000147. The Bertz CT molecular complexity index is 454. The molecule has 2 heterocycles. The van der Waals surface area contributed by atoms with E-state index in [4.69, 9.17) is 0 Å². The van der Waals surface area contributed by atoms with E-state index in [1.165, 1.54) is 12.8 Å². The molecule has 0 radical (unpaired) electrons. The summed E-state index contributed by atoms with van der Waals surface area (Å²) >= 11 is 0. The minimum Gasteiger partial charge on any atom is -0.370 e. The Morgan fingerprint density at radius 3 is 2.65 bits per heavy atom. The summed E-state index contributed by atoms with van der Waals surface area (Å²) in [5, 5.41) is 6.33. The fourth-order valence-electron chi connectivity index (χ4n) is 2.94. The Morgan fingerprint density at radius 1 is 1.20 bits per heavy atom. The summed E-state index contributed by atoms with van der Waals surface area (Å²) < 4.78 is 0. The number of para-hydroxylation sites is 2. The van der Waals surface area contributed by atoms with E-state index in [0.717, 1.165) is 43.9 Å². The van der Waals surface area contributed by atoms with Crippen LogP contribution in [0.4, 0.5) is 11.4 Å². The van der Waals surface area contributed by atoms with Gasteiger partial charge in [-0.05, 0) is 44.4 Å². The van der Waals surface area contributed by atoms with Gasteiger partial charge in [-0.2, -0.15) is 0 Å². The topological polar surface area (TPSA) is 44.4 Å². The van der Waals surface area contributed by atoms with Crippen LogP contribution in [0.25, 0.3) is 0 Å². The second-order valence-corrected chi connectivity index (χ2v) is 5.35. The number of rotatable bonds is 3. The number of carbonyl (C=O) groups excluding carboxylic acids is 1. The number of anilines is 2. The molecule has 0 aromatic heterocycles. The van der Waals surface area contributed by atoms with Crippen molar-refractivity contribution in [1.82, 2.24) is 5.32 Å². The smallest absolute Gasteiger partial charge is 0.241 e. The van der Waals surface area contributed by atoms with Gasteiger partial charge in [-0.3, -0.25) is 4.79 Å². The maximum Gasteiger partial charge on any atom is 0.241 e. The zero-order chi connectivity index (χ0) is 13.1. The summed E-state index contributed by atoms with van der Waals surface area (Å²) in [5.74, 6) is 0.101. The molecule has 1 unspecified atom stereocenters. The minimum atomic E-state index is -0.0216. The van der Waals surface area contributed by atoms with E-state index in [1.807, 2.05) is 18.2 Å². The van der Waals surface area contributed by atoms with Gasteiger partial charge in [0.1, 0.15) is 0 Å². The van der Waals surface area contributed by atoms with Crippen molar-refractivity contribution in [2.45, 2.75) is 31.7 Å². The molecule has 1 atom stereocenters. The number of benzene rings is 1. The molecule has 3 rings (SSSR count). The first kappa shape index (κ1) is 15.1. The van der Waals surface area contributed by atoms with Gasteiger partial charge in [0.15, 0.2) is 0 Å². The molecule has 4 nitrogen and oxygen atoms in total. The Hall–Kier alpha value is -1.26. The first-order valence-corrected chi connectivity index (χ1v) is 7.23. The average Bonchev–Trinajstić information content (AvgIpc) is 3.13. The molecule has 0 saturated carbocycles. The van der Waals surface area contributed by atoms with Crippen LogP contribution in [-0.2, 0) is 4.79 Å². The summed E-state index contributed by atoms with van der Waals surface area (Å²) in [5.41, 5.74) is 2.11.